The topological polar surface area (TPSA) is 54.3 Å². The van der Waals surface area contributed by atoms with E-state index < -0.39 is 5.82 Å². The molecular weight excluding hydrogens is 235 g/mol. The molecule has 1 unspecified atom stereocenters. The van der Waals surface area contributed by atoms with Crippen LogP contribution in [0.2, 0.25) is 0 Å². The Morgan fingerprint density at radius 1 is 1.39 bits per heavy atom. The van der Waals surface area contributed by atoms with Crippen molar-refractivity contribution in [3.05, 3.63) is 35.1 Å². The molecular formula is C13H17FN2O2. The Balaban J connectivity index is 2.48. The first-order valence-electron chi connectivity index (χ1n) is 5.61. The maximum absolute atomic E-state index is 13.2. The van der Waals surface area contributed by atoms with Gasteiger partial charge in [-0.1, -0.05) is 0 Å². The van der Waals surface area contributed by atoms with E-state index in [1.54, 1.807) is 20.3 Å². The average Bonchev–Trinajstić information content (AvgIpc) is 2.37. The fourth-order valence-corrected chi connectivity index (χ4v) is 1.59. The molecule has 0 aromatic heterocycles. The van der Waals surface area contributed by atoms with E-state index >= 15 is 0 Å². The molecule has 1 aromatic carbocycles. The molecule has 1 atom stereocenters. The SMILES string of the molecule is COCC(CNCc1cc(F)cc(C#N)c1)OC. The van der Waals surface area contributed by atoms with E-state index in [0.29, 0.717) is 25.3 Å². The zero-order valence-corrected chi connectivity index (χ0v) is 10.6. The van der Waals surface area contributed by atoms with Gasteiger partial charge in [0.15, 0.2) is 0 Å². The Morgan fingerprint density at radius 3 is 2.78 bits per heavy atom. The summed E-state index contributed by atoms with van der Waals surface area (Å²) in [6, 6.07) is 6.21. The van der Waals surface area contributed by atoms with Gasteiger partial charge in [0.1, 0.15) is 5.82 Å². The number of rotatable bonds is 7. The van der Waals surface area contributed by atoms with Crippen molar-refractivity contribution in [3.8, 4) is 6.07 Å². The predicted octanol–water partition coefficient (Wildman–Crippen LogP) is 1.45. The molecule has 1 rings (SSSR count). The first-order valence-corrected chi connectivity index (χ1v) is 5.61. The molecule has 0 aliphatic rings. The zero-order chi connectivity index (χ0) is 13.4. The van der Waals surface area contributed by atoms with Gasteiger partial charge < -0.3 is 14.8 Å². The monoisotopic (exact) mass is 252 g/mol. The van der Waals surface area contributed by atoms with Crippen LogP contribution in [0, 0.1) is 17.1 Å². The van der Waals surface area contributed by atoms with Crippen LogP contribution >= 0.6 is 0 Å². The van der Waals surface area contributed by atoms with Crippen LogP contribution in [0.15, 0.2) is 18.2 Å². The number of hydrogen-bond donors (Lipinski definition) is 1. The average molecular weight is 252 g/mol. The summed E-state index contributed by atoms with van der Waals surface area (Å²) in [6.45, 7) is 1.58. The molecule has 0 saturated heterocycles. The normalized spacial score (nSPS) is 12.1. The molecule has 0 aliphatic carbocycles. The standard InChI is InChI=1S/C13H17FN2O2/c1-17-9-13(18-2)8-16-7-11-3-10(6-15)4-12(14)5-11/h3-5,13,16H,7-9H2,1-2H3. The third-order valence-corrected chi connectivity index (χ3v) is 2.47. The lowest BCUT2D eigenvalue weighted by atomic mass is 10.1. The quantitative estimate of drug-likeness (QED) is 0.798. The number of benzene rings is 1. The van der Waals surface area contributed by atoms with E-state index in [4.69, 9.17) is 14.7 Å². The van der Waals surface area contributed by atoms with Gasteiger partial charge in [0, 0.05) is 27.3 Å². The highest BCUT2D eigenvalue weighted by atomic mass is 19.1. The summed E-state index contributed by atoms with van der Waals surface area (Å²) < 4.78 is 23.3. The van der Waals surface area contributed by atoms with Crippen molar-refractivity contribution >= 4 is 0 Å². The zero-order valence-electron chi connectivity index (χ0n) is 10.6. The van der Waals surface area contributed by atoms with Crippen molar-refractivity contribution in [2.45, 2.75) is 12.6 Å². The molecule has 1 N–H and O–H groups in total. The van der Waals surface area contributed by atoms with Gasteiger partial charge in [0.2, 0.25) is 0 Å². The van der Waals surface area contributed by atoms with Gasteiger partial charge in [0.25, 0.3) is 0 Å². The van der Waals surface area contributed by atoms with Gasteiger partial charge in [-0.3, -0.25) is 0 Å². The van der Waals surface area contributed by atoms with Crippen LogP contribution in [-0.4, -0.2) is 33.5 Å². The highest BCUT2D eigenvalue weighted by Crippen LogP contribution is 2.08. The second-order valence-corrected chi connectivity index (χ2v) is 3.90. The number of halogens is 1. The summed E-state index contributed by atoms with van der Waals surface area (Å²) >= 11 is 0. The molecule has 0 radical (unpaired) electrons. The minimum atomic E-state index is -0.397. The lowest BCUT2D eigenvalue weighted by Crippen LogP contribution is -2.31. The summed E-state index contributed by atoms with van der Waals surface area (Å²) in [5.74, 6) is -0.397. The van der Waals surface area contributed by atoms with E-state index in [-0.39, 0.29) is 6.10 Å². The third-order valence-electron chi connectivity index (χ3n) is 2.47. The lowest BCUT2D eigenvalue weighted by molar-refractivity contribution is 0.0288. The van der Waals surface area contributed by atoms with Crippen LogP contribution in [0.3, 0.4) is 0 Å². The summed E-state index contributed by atoms with van der Waals surface area (Å²) in [5.41, 5.74) is 1.06. The van der Waals surface area contributed by atoms with Crippen molar-refractivity contribution in [1.29, 1.82) is 5.26 Å². The van der Waals surface area contributed by atoms with E-state index in [1.807, 2.05) is 6.07 Å². The molecule has 0 aliphatic heterocycles. The smallest absolute Gasteiger partial charge is 0.124 e. The first-order chi connectivity index (χ1) is 8.69. The number of ether oxygens (including phenoxy) is 2. The van der Waals surface area contributed by atoms with Crippen molar-refractivity contribution in [2.75, 3.05) is 27.4 Å². The van der Waals surface area contributed by atoms with Crippen molar-refractivity contribution < 1.29 is 13.9 Å². The Morgan fingerprint density at radius 2 is 2.17 bits per heavy atom. The lowest BCUT2D eigenvalue weighted by Gasteiger charge is -2.15. The molecule has 0 amide bonds. The molecule has 18 heavy (non-hydrogen) atoms. The molecule has 5 heteroatoms. The number of hydrogen-bond acceptors (Lipinski definition) is 4. The van der Waals surface area contributed by atoms with Gasteiger partial charge in [-0.25, -0.2) is 4.39 Å². The number of nitrogens with one attached hydrogen (secondary N) is 1. The molecule has 4 nitrogen and oxygen atoms in total. The maximum Gasteiger partial charge on any atom is 0.124 e. The highest BCUT2D eigenvalue weighted by molar-refractivity contribution is 5.33. The number of nitrogens with zero attached hydrogens (tertiary/aromatic N) is 1. The Kier molecular flexibility index (Phi) is 6.29. The van der Waals surface area contributed by atoms with Crippen LogP contribution in [-0.2, 0) is 16.0 Å². The summed E-state index contributed by atoms with van der Waals surface area (Å²) in [7, 11) is 3.22. The van der Waals surface area contributed by atoms with E-state index in [1.165, 1.54) is 12.1 Å². The molecule has 0 bridgehead atoms. The van der Waals surface area contributed by atoms with E-state index in [2.05, 4.69) is 5.32 Å². The number of methoxy groups -OCH3 is 2. The Bertz CT molecular complexity index is 418. The minimum Gasteiger partial charge on any atom is -0.382 e. The molecule has 0 fully saturated rings. The largest absolute Gasteiger partial charge is 0.382 e. The second kappa shape index (κ2) is 7.77. The molecule has 0 heterocycles. The van der Waals surface area contributed by atoms with Crippen molar-refractivity contribution in [2.24, 2.45) is 0 Å². The predicted molar refractivity (Wildman–Crippen MR) is 65.5 cm³/mol. The maximum atomic E-state index is 13.2. The van der Waals surface area contributed by atoms with Crippen molar-refractivity contribution in [3.63, 3.8) is 0 Å². The van der Waals surface area contributed by atoms with Gasteiger partial charge in [0.05, 0.1) is 24.3 Å². The minimum absolute atomic E-state index is 0.0426. The number of nitriles is 1. The van der Waals surface area contributed by atoms with E-state index in [0.717, 1.165) is 5.56 Å². The molecule has 98 valence electrons. The molecule has 1 aromatic rings. The van der Waals surface area contributed by atoms with Crippen LogP contribution in [0.4, 0.5) is 4.39 Å². The van der Waals surface area contributed by atoms with Crippen molar-refractivity contribution in [1.82, 2.24) is 5.32 Å². The van der Waals surface area contributed by atoms with E-state index in [9.17, 15) is 4.39 Å². The fraction of sp³-hybridized carbons (Fsp3) is 0.462. The van der Waals surface area contributed by atoms with Crippen LogP contribution in [0.1, 0.15) is 11.1 Å². The fourth-order valence-electron chi connectivity index (χ4n) is 1.59. The highest BCUT2D eigenvalue weighted by Gasteiger charge is 2.06. The van der Waals surface area contributed by atoms with Gasteiger partial charge in [-0.2, -0.15) is 5.26 Å². The van der Waals surface area contributed by atoms with Gasteiger partial charge in [-0.15, -0.1) is 0 Å². The van der Waals surface area contributed by atoms with Gasteiger partial charge >= 0.3 is 0 Å². The second-order valence-electron chi connectivity index (χ2n) is 3.90. The summed E-state index contributed by atoms with van der Waals surface area (Å²) in [6.07, 6.45) is -0.0426. The van der Waals surface area contributed by atoms with Crippen LogP contribution in [0.25, 0.3) is 0 Å². The third kappa shape index (κ3) is 4.80. The summed E-state index contributed by atoms with van der Waals surface area (Å²) in [4.78, 5) is 0. The van der Waals surface area contributed by atoms with Crippen LogP contribution in [0.5, 0.6) is 0 Å². The Labute approximate surface area is 106 Å². The Hall–Kier alpha value is -1.48. The van der Waals surface area contributed by atoms with Gasteiger partial charge in [-0.05, 0) is 23.8 Å². The molecule has 0 spiro atoms. The summed E-state index contributed by atoms with van der Waals surface area (Å²) in [5, 5.41) is 11.9. The van der Waals surface area contributed by atoms with Crippen LogP contribution < -0.4 is 5.32 Å². The first kappa shape index (κ1) is 14.6. The molecule has 0 saturated carbocycles.